The van der Waals surface area contributed by atoms with Crippen LogP contribution in [-0.4, -0.2) is 5.78 Å². The topological polar surface area (TPSA) is 17.1 Å². The summed E-state index contributed by atoms with van der Waals surface area (Å²) in [5.41, 5.74) is 0. The lowest BCUT2D eigenvalue weighted by Gasteiger charge is -2.05. The molecule has 0 amide bonds. The number of ketones is 1. The number of hydrogen-bond acceptors (Lipinski definition) is 1. The van der Waals surface area contributed by atoms with Crippen LogP contribution in [-0.2, 0) is 4.79 Å². The lowest BCUT2D eigenvalue weighted by Crippen LogP contribution is -2.04. The number of Topliss-reactive ketones (excluding diaryl/α,β-unsaturated/α-hetero) is 1. The maximum absolute atomic E-state index is 11.3. The van der Waals surface area contributed by atoms with Crippen molar-refractivity contribution in [3.8, 4) is 0 Å². The van der Waals surface area contributed by atoms with Crippen LogP contribution in [0.1, 0.15) is 46.0 Å². The Morgan fingerprint density at radius 3 is 2.75 bits per heavy atom. The molecule has 1 unspecified atom stereocenters. The molecule has 70 valence electrons. The average Bonchev–Trinajstić information content (AvgIpc) is 2.05. The quantitative estimate of drug-likeness (QED) is 0.421. The SMILES string of the molecule is C=CCCCC(=O)CC(C)CC. The number of carbonyl (C=O) groups excluding carboxylic acids is 1. The van der Waals surface area contributed by atoms with Crippen molar-refractivity contribution in [2.24, 2.45) is 5.92 Å². The van der Waals surface area contributed by atoms with E-state index in [1.807, 2.05) is 6.08 Å². The van der Waals surface area contributed by atoms with Crippen LogP contribution in [0.2, 0.25) is 0 Å². The van der Waals surface area contributed by atoms with Crippen molar-refractivity contribution in [1.82, 2.24) is 0 Å². The molecule has 1 nitrogen and oxygen atoms in total. The van der Waals surface area contributed by atoms with Crippen molar-refractivity contribution < 1.29 is 4.79 Å². The fourth-order valence-corrected chi connectivity index (χ4v) is 1.08. The van der Waals surface area contributed by atoms with Crippen molar-refractivity contribution >= 4 is 5.78 Å². The molecule has 1 heteroatoms. The second-order valence-corrected chi connectivity index (χ2v) is 3.44. The Kier molecular flexibility index (Phi) is 6.73. The molecule has 12 heavy (non-hydrogen) atoms. The van der Waals surface area contributed by atoms with Crippen LogP contribution in [0.25, 0.3) is 0 Å². The van der Waals surface area contributed by atoms with E-state index in [1.54, 1.807) is 0 Å². The first-order valence-corrected chi connectivity index (χ1v) is 4.83. The second kappa shape index (κ2) is 7.08. The zero-order valence-electron chi connectivity index (χ0n) is 8.31. The lowest BCUT2D eigenvalue weighted by molar-refractivity contribution is -0.119. The van der Waals surface area contributed by atoms with Gasteiger partial charge in [0, 0.05) is 12.8 Å². The number of carbonyl (C=O) groups is 1. The number of unbranched alkanes of at least 4 members (excludes halogenated alkanes) is 1. The minimum Gasteiger partial charge on any atom is -0.300 e. The normalized spacial score (nSPS) is 12.5. The molecule has 0 saturated heterocycles. The van der Waals surface area contributed by atoms with Crippen LogP contribution in [0.15, 0.2) is 12.7 Å². The van der Waals surface area contributed by atoms with Crippen molar-refractivity contribution in [1.29, 1.82) is 0 Å². The fourth-order valence-electron chi connectivity index (χ4n) is 1.08. The molecule has 0 aliphatic rings. The molecule has 0 radical (unpaired) electrons. The van der Waals surface area contributed by atoms with Gasteiger partial charge in [0.05, 0.1) is 0 Å². The first-order chi connectivity index (χ1) is 5.70. The van der Waals surface area contributed by atoms with Gasteiger partial charge < -0.3 is 0 Å². The van der Waals surface area contributed by atoms with Crippen LogP contribution < -0.4 is 0 Å². The van der Waals surface area contributed by atoms with Crippen LogP contribution in [0.3, 0.4) is 0 Å². The second-order valence-electron chi connectivity index (χ2n) is 3.44. The van der Waals surface area contributed by atoms with Gasteiger partial charge >= 0.3 is 0 Å². The summed E-state index contributed by atoms with van der Waals surface area (Å²) in [4.78, 5) is 11.3. The highest BCUT2D eigenvalue weighted by Gasteiger charge is 2.05. The van der Waals surface area contributed by atoms with Gasteiger partial charge in [-0.2, -0.15) is 0 Å². The van der Waals surface area contributed by atoms with Gasteiger partial charge in [0.2, 0.25) is 0 Å². The molecule has 0 rings (SSSR count). The highest BCUT2D eigenvalue weighted by Crippen LogP contribution is 2.10. The maximum Gasteiger partial charge on any atom is 0.133 e. The third-order valence-corrected chi connectivity index (χ3v) is 2.14. The molecule has 0 bridgehead atoms. The van der Waals surface area contributed by atoms with Crippen molar-refractivity contribution in [3.05, 3.63) is 12.7 Å². The Morgan fingerprint density at radius 2 is 2.25 bits per heavy atom. The smallest absolute Gasteiger partial charge is 0.133 e. The molecule has 0 aromatic rings. The molecular weight excluding hydrogens is 148 g/mol. The minimum atomic E-state index is 0.409. The Bertz CT molecular complexity index is 138. The van der Waals surface area contributed by atoms with E-state index < -0.39 is 0 Å². The zero-order chi connectivity index (χ0) is 9.40. The summed E-state index contributed by atoms with van der Waals surface area (Å²) in [5, 5.41) is 0. The maximum atomic E-state index is 11.3. The van der Waals surface area contributed by atoms with Gasteiger partial charge in [-0.05, 0) is 18.8 Å². The van der Waals surface area contributed by atoms with Crippen molar-refractivity contribution in [2.75, 3.05) is 0 Å². The van der Waals surface area contributed by atoms with Crippen molar-refractivity contribution in [2.45, 2.75) is 46.0 Å². The summed E-state index contributed by atoms with van der Waals surface area (Å²) in [7, 11) is 0. The number of rotatable bonds is 7. The van der Waals surface area contributed by atoms with Crippen LogP contribution in [0, 0.1) is 5.92 Å². The standard InChI is InChI=1S/C11H20O/c1-4-6-7-8-11(12)9-10(3)5-2/h4,10H,1,5-9H2,2-3H3. The summed E-state index contributed by atoms with van der Waals surface area (Å²) in [6, 6.07) is 0. The van der Waals surface area contributed by atoms with Gasteiger partial charge in [0.25, 0.3) is 0 Å². The van der Waals surface area contributed by atoms with E-state index in [-0.39, 0.29) is 0 Å². The highest BCUT2D eigenvalue weighted by atomic mass is 16.1. The third kappa shape index (κ3) is 6.14. The first kappa shape index (κ1) is 11.4. The van der Waals surface area contributed by atoms with E-state index in [2.05, 4.69) is 20.4 Å². The summed E-state index contributed by atoms with van der Waals surface area (Å²) < 4.78 is 0. The molecule has 0 aliphatic carbocycles. The van der Waals surface area contributed by atoms with E-state index in [0.29, 0.717) is 11.7 Å². The molecule has 0 aromatic carbocycles. The van der Waals surface area contributed by atoms with Gasteiger partial charge in [-0.15, -0.1) is 6.58 Å². The van der Waals surface area contributed by atoms with E-state index in [1.165, 1.54) is 0 Å². The molecule has 0 aliphatic heterocycles. The molecule has 0 heterocycles. The van der Waals surface area contributed by atoms with Crippen LogP contribution in [0.5, 0.6) is 0 Å². The van der Waals surface area contributed by atoms with E-state index in [9.17, 15) is 4.79 Å². The van der Waals surface area contributed by atoms with Gasteiger partial charge in [0.15, 0.2) is 0 Å². The predicted molar refractivity (Wildman–Crippen MR) is 53.1 cm³/mol. The van der Waals surface area contributed by atoms with Crippen LogP contribution in [0.4, 0.5) is 0 Å². The monoisotopic (exact) mass is 168 g/mol. The van der Waals surface area contributed by atoms with Gasteiger partial charge in [-0.1, -0.05) is 26.3 Å². The third-order valence-electron chi connectivity index (χ3n) is 2.14. The van der Waals surface area contributed by atoms with E-state index in [0.717, 1.165) is 32.1 Å². The number of hydrogen-bond donors (Lipinski definition) is 0. The zero-order valence-corrected chi connectivity index (χ0v) is 8.31. The van der Waals surface area contributed by atoms with E-state index >= 15 is 0 Å². The van der Waals surface area contributed by atoms with Gasteiger partial charge in [-0.25, -0.2) is 0 Å². The van der Waals surface area contributed by atoms with E-state index in [4.69, 9.17) is 0 Å². The average molecular weight is 168 g/mol. The first-order valence-electron chi connectivity index (χ1n) is 4.83. The molecule has 0 spiro atoms. The van der Waals surface area contributed by atoms with Crippen molar-refractivity contribution in [3.63, 3.8) is 0 Å². The van der Waals surface area contributed by atoms with Gasteiger partial charge in [-0.3, -0.25) is 4.79 Å². The summed E-state index contributed by atoms with van der Waals surface area (Å²) in [6.07, 6.45) is 6.40. The Labute approximate surface area is 75.9 Å². The van der Waals surface area contributed by atoms with Crippen LogP contribution >= 0.6 is 0 Å². The molecule has 1 atom stereocenters. The lowest BCUT2D eigenvalue weighted by atomic mass is 9.99. The molecular formula is C11H20O. The van der Waals surface area contributed by atoms with Gasteiger partial charge in [0.1, 0.15) is 5.78 Å². The Morgan fingerprint density at radius 1 is 1.58 bits per heavy atom. The molecule has 0 fully saturated rings. The molecule has 0 aromatic heterocycles. The number of allylic oxidation sites excluding steroid dienone is 1. The molecule has 0 saturated carbocycles. The summed E-state index contributed by atoms with van der Waals surface area (Å²) in [6.45, 7) is 7.88. The largest absolute Gasteiger partial charge is 0.300 e. The summed E-state index contributed by atoms with van der Waals surface area (Å²) >= 11 is 0. The molecule has 0 N–H and O–H groups in total. The highest BCUT2D eigenvalue weighted by molar-refractivity contribution is 5.78. The minimum absolute atomic E-state index is 0.409. The Hall–Kier alpha value is -0.590. The Balaban J connectivity index is 3.39. The predicted octanol–water partition coefficient (Wildman–Crippen LogP) is 3.35. The fraction of sp³-hybridized carbons (Fsp3) is 0.727. The summed E-state index contributed by atoms with van der Waals surface area (Å²) in [5.74, 6) is 0.965.